The molecule has 2 aliphatic rings. The predicted octanol–water partition coefficient (Wildman–Crippen LogP) is 5.76. The first kappa shape index (κ1) is 23.1. The highest BCUT2D eigenvalue weighted by atomic mass is 19.1. The van der Waals surface area contributed by atoms with E-state index < -0.39 is 5.67 Å². The van der Waals surface area contributed by atoms with Gasteiger partial charge in [-0.15, -0.1) is 0 Å². The van der Waals surface area contributed by atoms with Crippen LogP contribution >= 0.6 is 0 Å². The van der Waals surface area contributed by atoms with Crippen LogP contribution in [0.5, 0.6) is 0 Å². The molecular weight excluding hydrogens is 337 g/mol. The molecule has 0 radical (unpaired) electrons. The number of hydrogen-bond donors (Lipinski definition) is 0. The average Bonchev–Trinajstić information content (AvgIpc) is 2.69. The molecule has 1 aliphatic carbocycles. The van der Waals surface area contributed by atoms with E-state index in [0.29, 0.717) is 25.6 Å². The topological polar surface area (TPSA) is 50.8 Å². The van der Waals surface area contributed by atoms with E-state index in [1.54, 1.807) is 0 Å². The summed E-state index contributed by atoms with van der Waals surface area (Å²) in [6.45, 7) is 12.9. The Labute approximate surface area is 164 Å². The van der Waals surface area contributed by atoms with Crippen molar-refractivity contribution < 1.29 is 4.39 Å². The molecule has 1 heterocycles. The molecule has 2 fully saturated rings. The van der Waals surface area contributed by atoms with Crippen molar-refractivity contribution in [1.82, 2.24) is 4.90 Å². The van der Waals surface area contributed by atoms with Crippen LogP contribution in [0.15, 0.2) is 24.3 Å². The third kappa shape index (κ3) is 5.53. The van der Waals surface area contributed by atoms with Gasteiger partial charge in [-0.2, -0.15) is 5.26 Å². The number of alkyl halides is 1. The van der Waals surface area contributed by atoms with Crippen LogP contribution < -0.4 is 0 Å². The molecule has 1 saturated heterocycles. The monoisotopic (exact) mass is 371 g/mol. The molecular formula is C23H34FN3. The fraction of sp³-hybridized carbons (Fsp3) is 0.652. The summed E-state index contributed by atoms with van der Waals surface area (Å²) < 4.78 is 15.1. The Morgan fingerprint density at radius 1 is 1.15 bits per heavy atom. The number of likely N-dealkylation sites (tertiary alicyclic amines) is 1. The van der Waals surface area contributed by atoms with Crippen LogP contribution in [0, 0.1) is 28.6 Å². The molecule has 3 rings (SSSR count). The van der Waals surface area contributed by atoms with Crippen molar-refractivity contribution in [3.05, 3.63) is 35.4 Å². The van der Waals surface area contributed by atoms with Crippen molar-refractivity contribution in [2.45, 2.75) is 77.9 Å². The van der Waals surface area contributed by atoms with Gasteiger partial charge in [-0.25, -0.2) is 9.65 Å². The average molecular weight is 372 g/mol. The van der Waals surface area contributed by atoms with Crippen LogP contribution in [0.2, 0.25) is 0 Å². The summed E-state index contributed by atoms with van der Waals surface area (Å²) in [7, 11) is 0. The van der Waals surface area contributed by atoms with Crippen LogP contribution in [0.3, 0.4) is 0 Å². The number of hydrogen-bond acceptors (Lipinski definition) is 3. The Bertz CT molecular complexity index is 615. The van der Waals surface area contributed by atoms with Gasteiger partial charge in [-0.1, -0.05) is 52.0 Å². The van der Waals surface area contributed by atoms with Gasteiger partial charge in [0, 0.05) is 32.1 Å². The molecule has 0 amide bonds. The summed E-state index contributed by atoms with van der Waals surface area (Å²) in [5, 5.41) is 15.4. The molecule has 0 spiro atoms. The third-order valence-electron chi connectivity index (χ3n) is 5.97. The van der Waals surface area contributed by atoms with E-state index in [-0.39, 0.29) is 5.41 Å². The molecule has 4 heteroatoms. The van der Waals surface area contributed by atoms with Crippen molar-refractivity contribution in [1.29, 1.82) is 10.5 Å². The van der Waals surface area contributed by atoms with E-state index in [0.717, 1.165) is 37.7 Å². The normalized spacial score (nSPS) is 26.2. The van der Waals surface area contributed by atoms with Gasteiger partial charge in [0.25, 0.3) is 0 Å². The molecule has 1 saturated carbocycles. The highest BCUT2D eigenvalue weighted by Crippen LogP contribution is 2.44. The number of aryl methyl sites for hydroxylation is 1. The minimum absolute atomic E-state index is 0.179. The maximum Gasteiger partial charge on any atom is 0.161 e. The Balaban J connectivity index is 0.000000855. The summed E-state index contributed by atoms with van der Waals surface area (Å²) in [5.41, 5.74) is 1.10. The van der Waals surface area contributed by atoms with Crippen molar-refractivity contribution in [3.8, 4) is 12.6 Å². The molecule has 0 atom stereocenters. The minimum atomic E-state index is -1.17. The summed E-state index contributed by atoms with van der Waals surface area (Å²) in [6, 6.07) is 10.8. The van der Waals surface area contributed by atoms with E-state index in [9.17, 15) is 0 Å². The van der Waals surface area contributed by atoms with Crippen LogP contribution in [-0.4, -0.2) is 24.0 Å². The maximum absolute atomic E-state index is 15.1. The van der Waals surface area contributed by atoms with E-state index in [2.05, 4.69) is 31.4 Å². The number of nitrogens with zero attached hydrogens (tertiary/aromatic N) is 3. The quantitative estimate of drug-likeness (QED) is 0.676. The number of rotatable bonds is 4. The van der Waals surface area contributed by atoms with Gasteiger partial charge in [-0.05, 0) is 48.6 Å². The Kier molecular flexibility index (Phi) is 8.94. The number of benzene rings is 1. The zero-order valence-electron chi connectivity index (χ0n) is 17.3. The lowest BCUT2D eigenvalue weighted by Gasteiger charge is -2.51. The summed E-state index contributed by atoms with van der Waals surface area (Å²) in [6.07, 6.45) is 6.02. The molecule has 0 bridgehead atoms. The van der Waals surface area contributed by atoms with Gasteiger partial charge in [-0.3, -0.25) is 4.90 Å². The maximum atomic E-state index is 15.1. The first-order valence-corrected chi connectivity index (χ1v) is 10.1. The number of halogens is 1. The predicted molar refractivity (Wildman–Crippen MR) is 109 cm³/mol. The Morgan fingerprint density at radius 3 is 2.11 bits per heavy atom. The van der Waals surface area contributed by atoms with Crippen LogP contribution in [0.4, 0.5) is 4.39 Å². The lowest BCUT2D eigenvalue weighted by molar-refractivity contribution is -0.0760. The number of nitriles is 2. The smallest absolute Gasteiger partial charge is 0.161 e. The first-order chi connectivity index (χ1) is 13.0. The van der Waals surface area contributed by atoms with Crippen LogP contribution in [-0.2, 0) is 12.1 Å². The third-order valence-corrected chi connectivity index (χ3v) is 5.97. The van der Waals surface area contributed by atoms with Gasteiger partial charge < -0.3 is 0 Å². The highest BCUT2D eigenvalue weighted by molar-refractivity contribution is 5.30. The Hall–Kier alpha value is -1.91. The van der Waals surface area contributed by atoms with E-state index in [1.165, 1.54) is 5.56 Å². The van der Waals surface area contributed by atoms with E-state index in [4.69, 9.17) is 10.5 Å². The lowest BCUT2D eigenvalue weighted by atomic mass is 9.71. The van der Waals surface area contributed by atoms with E-state index in [1.807, 2.05) is 38.1 Å². The molecule has 27 heavy (non-hydrogen) atoms. The summed E-state index contributed by atoms with van der Waals surface area (Å²) in [5.74, 6) is 0. The molecule has 1 aromatic carbocycles. The minimum Gasteiger partial charge on any atom is -0.293 e. The molecule has 0 N–H and O–H groups in total. The van der Waals surface area contributed by atoms with Crippen molar-refractivity contribution in [3.63, 3.8) is 0 Å². The Morgan fingerprint density at radius 2 is 1.67 bits per heavy atom. The zero-order valence-corrected chi connectivity index (χ0v) is 17.3. The van der Waals surface area contributed by atoms with Gasteiger partial charge in [0.05, 0.1) is 6.07 Å². The van der Waals surface area contributed by atoms with Crippen molar-refractivity contribution in [2.24, 2.45) is 5.41 Å². The van der Waals surface area contributed by atoms with Crippen LogP contribution in [0.25, 0.3) is 0 Å². The molecule has 148 valence electrons. The SMILES string of the molecule is C#N.CC.CCc1ccc(C2(F)CN(C3CCC(C)(CC#N)CC3)C2)cc1. The van der Waals surface area contributed by atoms with Gasteiger partial charge in [0.15, 0.2) is 5.67 Å². The van der Waals surface area contributed by atoms with Gasteiger partial charge in [0.1, 0.15) is 0 Å². The molecule has 0 unspecified atom stereocenters. The fourth-order valence-corrected chi connectivity index (χ4v) is 4.11. The zero-order chi connectivity index (χ0) is 20.5. The standard InChI is InChI=1S/C20H27FN2.C2H6.CHN/c1-3-16-4-6-17(7-5-16)20(21)14-23(15-20)18-8-10-19(2,11-9-18)12-13-22;2*1-2/h4-7,18H,3,8-12,14-15H2,1-2H3;1-2H3;1H. The first-order valence-electron chi connectivity index (χ1n) is 10.1. The van der Waals surface area contributed by atoms with Crippen molar-refractivity contribution >= 4 is 0 Å². The van der Waals surface area contributed by atoms with Crippen LogP contribution in [0.1, 0.15) is 70.9 Å². The van der Waals surface area contributed by atoms with E-state index >= 15 is 4.39 Å². The van der Waals surface area contributed by atoms with Crippen molar-refractivity contribution in [2.75, 3.05) is 13.1 Å². The second-order valence-corrected chi connectivity index (χ2v) is 7.80. The van der Waals surface area contributed by atoms with Gasteiger partial charge in [0.2, 0.25) is 0 Å². The fourth-order valence-electron chi connectivity index (χ4n) is 4.11. The lowest BCUT2D eigenvalue weighted by Crippen LogP contribution is -2.61. The largest absolute Gasteiger partial charge is 0.293 e. The molecule has 3 nitrogen and oxygen atoms in total. The summed E-state index contributed by atoms with van der Waals surface area (Å²) in [4.78, 5) is 2.31. The molecule has 1 aromatic rings. The molecule has 0 aromatic heterocycles. The molecule has 1 aliphatic heterocycles. The summed E-state index contributed by atoms with van der Waals surface area (Å²) >= 11 is 0. The highest BCUT2D eigenvalue weighted by Gasteiger charge is 2.48. The second-order valence-electron chi connectivity index (χ2n) is 7.80. The second kappa shape index (κ2) is 10.4. The van der Waals surface area contributed by atoms with Gasteiger partial charge >= 0.3 is 0 Å².